The molecule has 1 atom stereocenters. The molecule has 0 saturated carbocycles. The Bertz CT molecular complexity index is 211. The van der Waals surface area contributed by atoms with E-state index in [-0.39, 0.29) is 16.9 Å². The summed E-state index contributed by atoms with van der Waals surface area (Å²) in [5, 5.41) is 2.96. The standard InChI is InChI=1S/C9H16ClNO/c1-8(2)5-6(12)7(10)9(3,4)11-8/h7,11H,5H2,1-4H3/t7-/m1/s1. The lowest BCUT2D eigenvalue weighted by Gasteiger charge is -2.44. The molecular formula is C9H16ClNO. The first-order valence-corrected chi connectivity index (χ1v) is 4.64. The third-order valence-corrected chi connectivity index (χ3v) is 2.98. The Kier molecular flexibility index (Phi) is 2.26. The van der Waals surface area contributed by atoms with Crippen molar-refractivity contribution in [2.24, 2.45) is 0 Å². The second kappa shape index (κ2) is 2.71. The molecule has 70 valence electrons. The predicted molar refractivity (Wildman–Crippen MR) is 50.6 cm³/mol. The van der Waals surface area contributed by atoms with E-state index in [0.29, 0.717) is 6.42 Å². The van der Waals surface area contributed by atoms with Crippen molar-refractivity contribution in [1.29, 1.82) is 0 Å². The van der Waals surface area contributed by atoms with Crippen LogP contribution in [-0.4, -0.2) is 22.2 Å². The Balaban J connectivity index is 2.87. The summed E-state index contributed by atoms with van der Waals surface area (Å²) in [6, 6.07) is 0. The molecule has 1 saturated heterocycles. The second-order valence-corrected chi connectivity index (χ2v) is 5.17. The van der Waals surface area contributed by atoms with Crippen LogP contribution in [0.5, 0.6) is 0 Å². The molecule has 0 aromatic carbocycles. The van der Waals surface area contributed by atoms with Gasteiger partial charge in [0.2, 0.25) is 0 Å². The van der Waals surface area contributed by atoms with Gasteiger partial charge in [-0.3, -0.25) is 4.79 Å². The van der Waals surface area contributed by atoms with Crippen molar-refractivity contribution in [3.05, 3.63) is 0 Å². The lowest BCUT2D eigenvalue weighted by molar-refractivity contribution is -0.123. The molecule has 12 heavy (non-hydrogen) atoms. The van der Waals surface area contributed by atoms with Gasteiger partial charge in [0, 0.05) is 17.5 Å². The van der Waals surface area contributed by atoms with Crippen LogP contribution >= 0.6 is 11.6 Å². The average molecular weight is 190 g/mol. The third-order valence-electron chi connectivity index (χ3n) is 2.19. The fourth-order valence-electron chi connectivity index (χ4n) is 1.91. The summed E-state index contributed by atoms with van der Waals surface area (Å²) in [7, 11) is 0. The normalized spacial score (nSPS) is 33.4. The summed E-state index contributed by atoms with van der Waals surface area (Å²) >= 11 is 5.97. The SMILES string of the molecule is CC1(C)CC(=O)[C@@H](Cl)C(C)(C)N1. The molecule has 0 aliphatic carbocycles. The van der Waals surface area contributed by atoms with E-state index in [4.69, 9.17) is 11.6 Å². The maximum atomic E-state index is 11.5. The van der Waals surface area contributed by atoms with Crippen molar-refractivity contribution >= 4 is 17.4 Å². The van der Waals surface area contributed by atoms with Crippen LogP contribution in [0.4, 0.5) is 0 Å². The maximum Gasteiger partial charge on any atom is 0.154 e. The zero-order chi connectivity index (χ0) is 9.57. The third kappa shape index (κ3) is 1.80. The van der Waals surface area contributed by atoms with Crippen molar-refractivity contribution in [2.75, 3.05) is 0 Å². The van der Waals surface area contributed by atoms with Crippen molar-refractivity contribution in [3.8, 4) is 0 Å². The van der Waals surface area contributed by atoms with Crippen molar-refractivity contribution in [2.45, 2.75) is 50.6 Å². The topological polar surface area (TPSA) is 29.1 Å². The number of hydrogen-bond donors (Lipinski definition) is 1. The molecule has 1 fully saturated rings. The lowest BCUT2D eigenvalue weighted by Crippen LogP contribution is -2.64. The second-order valence-electron chi connectivity index (χ2n) is 4.74. The molecule has 2 nitrogen and oxygen atoms in total. The van der Waals surface area contributed by atoms with E-state index < -0.39 is 5.38 Å². The molecule has 1 N–H and O–H groups in total. The van der Waals surface area contributed by atoms with Crippen LogP contribution in [0.15, 0.2) is 0 Å². The van der Waals surface area contributed by atoms with Crippen LogP contribution in [0.3, 0.4) is 0 Å². The zero-order valence-electron chi connectivity index (χ0n) is 8.07. The Morgan fingerprint density at radius 3 is 2.33 bits per heavy atom. The van der Waals surface area contributed by atoms with Crippen LogP contribution < -0.4 is 5.32 Å². The highest BCUT2D eigenvalue weighted by Gasteiger charge is 2.43. The maximum absolute atomic E-state index is 11.5. The van der Waals surface area contributed by atoms with E-state index in [0.717, 1.165) is 0 Å². The van der Waals surface area contributed by atoms with Crippen LogP contribution in [0.1, 0.15) is 34.1 Å². The molecule has 1 aliphatic rings. The molecule has 1 aliphatic heterocycles. The van der Waals surface area contributed by atoms with E-state index in [1.54, 1.807) is 0 Å². The lowest BCUT2D eigenvalue weighted by atomic mass is 9.81. The van der Waals surface area contributed by atoms with Gasteiger partial charge < -0.3 is 5.32 Å². The van der Waals surface area contributed by atoms with E-state index in [2.05, 4.69) is 5.32 Å². The first-order valence-electron chi connectivity index (χ1n) is 4.21. The largest absolute Gasteiger partial charge is 0.304 e. The minimum Gasteiger partial charge on any atom is -0.304 e. The molecule has 3 heteroatoms. The highest BCUT2D eigenvalue weighted by molar-refractivity contribution is 6.32. The van der Waals surface area contributed by atoms with Gasteiger partial charge in [-0.05, 0) is 27.7 Å². The molecule has 0 amide bonds. The molecule has 0 spiro atoms. The number of alkyl halides is 1. The number of Topliss-reactive ketones (excluding diaryl/α,β-unsaturated/α-hetero) is 1. The summed E-state index contributed by atoms with van der Waals surface area (Å²) < 4.78 is 0. The Morgan fingerprint density at radius 2 is 1.92 bits per heavy atom. The van der Waals surface area contributed by atoms with Crippen LogP contribution in [-0.2, 0) is 4.79 Å². The van der Waals surface area contributed by atoms with Gasteiger partial charge in [0.15, 0.2) is 5.78 Å². The Morgan fingerprint density at radius 1 is 1.42 bits per heavy atom. The van der Waals surface area contributed by atoms with Crippen LogP contribution in [0.25, 0.3) is 0 Å². The van der Waals surface area contributed by atoms with E-state index in [9.17, 15) is 4.79 Å². The number of piperidine rings is 1. The first kappa shape index (κ1) is 10.0. The molecule has 0 radical (unpaired) electrons. The molecule has 0 aromatic rings. The van der Waals surface area contributed by atoms with Gasteiger partial charge in [-0.25, -0.2) is 0 Å². The monoisotopic (exact) mass is 189 g/mol. The number of carbonyl (C=O) groups excluding carboxylic acids is 1. The summed E-state index contributed by atoms with van der Waals surface area (Å²) in [6.07, 6.45) is 0.518. The number of halogens is 1. The number of hydrogen-bond acceptors (Lipinski definition) is 2. The van der Waals surface area contributed by atoms with E-state index >= 15 is 0 Å². The molecule has 0 aromatic heterocycles. The van der Waals surface area contributed by atoms with Gasteiger partial charge in [-0.1, -0.05) is 0 Å². The van der Waals surface area contributed by atoms with Gasteiger partial charge in [0.1, 0.15) is 5.38 Å². The summed E-state index contributed by atoms with van der Waals surface area (Å²) in [6.45, 7) is 7.97. The highest BCUT2D eigenvalue weighted by atomic mass is 35.5. The minimum absolute atomic E-state index is 0.119. The molecule has 0 unspecified atom stereocenters. The first-order chi connectivity index (χ1) is 5.25. The Hall–Kier alpha value is -0.0800. The predicted octanol–water partition coefficient (Wildman–Crippen LogP) is 1.71. The summed E-state index contributed by atoms with van der Waals surface area (Å²) in [4.78, 5) is 11.5. The zero-order valence-corrected chi connectivity index (χ0v) is 8.83. The smallest absolute Gasteiger partial charge is 0.154 e. The van der Waals surface area contributed by atoms with Gasteiger partial charge in [-0.2, -0.15) is 0 Å². The molecule has 0 bridgehead atoms. The number of ketones is 1. The summed E-state index contributed by atoms with van der Waals surface area (Å²) in [5.41, 5.74) is -0.410. The van der Waals surface area contributed by atoms with Crippen LogP contribution in [0.2, 0.25) is 0 Å². The fourth-order valence-corrected chi connectivity index (χ4v) is 2.04. The van der Waals surface area contributed by atoms with Gasteiger partial charge >= 0.3 is 0 Å². The van der Waals surface area contributed by atoms with E-state index in [1.807, 2.05) is 27.7 Å². The van der Waals surface area contributed by atoms with Crippen molar-refractivity contribution in [3.63, 3.8) is 0 Å². The minimum atomic E-state index is -0.398. The molecule has 1 heterocycles. The van der Waals surface area contributed by atoms with Gasteiger partial charge in [0.05, 0.1) is 0 Å². The molecular weight excluding hydrogens is 174 g/mol. The van der Waals surface area contributed by atoms with E-state index in [1.165, 1.54) is 0 Å². The van der Waals surface area contributed by atoms with Gasteiger partial charge in [0.25, 0.3) is 0 Å². The highest BCUT2D eigenvalue weighted by Crippen LogP contribution is 2.29. The van der Waals surface area contributed by atoms with Crippen LogP contribution in [0, 0.1) is 0 Å². The number of rotatable bonds is 0. The summed E-state index contributed by atoms with van der Waals surface area (Å²) in [5.74, 6) is 0.144. The quantitative estimate of drug-likeness (QED) is 0.588. The van der Waals surface area contributed by atoms with Crippen molar-refractivity contribution < 1.29 is 4.79 Å². The molecule has 1 rings (SSSR count). The average Bonchev–Trinajstić information content (AvgIpc) is 1.79. The fraction of sp³-hybridized carbons (Fsp3) is 0.889. The van der Waals surface area contributed by atoms with Gasteiger partial charge in [-0.15, -0.1) is 11.6 Å². The number of nitrogens with one attached hydrogen (secondary N) is 1. The van der Waals surface area contributed by atoms with Crippen molar-refractivity contribution in [1.82, 2.24) is 5.32 Å². The number of carbonyl (C=O) groups is 1. The Labute approximate surface area is 78.7 Å².